The molecule has 0 amide bonds. The van der Waals surface area contributed by atoms with Crippen LogP contribution >= 0.6 is 0 Å². The minimum atomic E-state index is -3.45. The van der Waals surface area contributed by atoms with Crippen LogP contribution in [0.15, 0.2) is 53.5 Å². The first kappa shape index (κ1) is 13.4. The van der Waals surface area contributed by atoms with Gasteiger partial charge in [0.05, 0.1) is 12.8 Å². The molecule has 6 heteroatoms. The molecule has 100 valence electrons. The van der Waals surface area contributed by atoms with E-state index < -0.39 is 10.0 Å². The number of hydrogen-bond donors (Lipinski definition) is 1. The van der Waals surface area contributed by atoms with Crippen molar-refractivity contribution in [2.45, 2.75) is 6.54 Å². The Morgan fingerprint density at radius 1 is 1.11 bits per heavy atom. The Hall–Kier alpha value is -2.08. The zero-order chi connectivity index (χ0) is 13.9. The molecular formula is C13H14N2O3S. The molecule has 0 saturated carbocycles. The number of benzene rings is 1. The number of anilines is 1. The van der Waals surface area contributed by atoms with Gasteiger partial charge in [0.25, 0.3) is 5.56 Å². The number of hydrogen-bond acceptors (Lipinski definition) is 3. The highest BCUT2D eigenvalue weighted by molar-refractivity contribution is 7.92. The molecule has 0 aliphatic carbocycles. The average Bonchev–Trinajstić information content (AvgIpc) is 2.34. The maximum absolute atomic E-state index is 12.1. The second-order valence-corrected chi connectivity index (χ2v) is 5.96. The predicted octanol–water partition coefficient (Wildman–Crippen LogP) is 1.27. The summed E-state index contributed by atoms with van der Waals surface area (Å²) >= 11 is 0. The third-order valence-corrected chi connectivity index (χ3v) is 3.10. The number of nitrogens with one attached hydrogen (secondary N) is 1. The molecule has 1 N–H and O–H groups in total. The van der Waals surface area contributed by atoms with Crippen LogP contribution in [0.5, 0.6) is 0 Å². The van der Waals surface area contributed by atoms with Crippen LogP contribution in [0.1, 0.15) is 5.56 Å². The van der Waals surface area contributed by atoms with Gasteiger partial charge in [-0.15, -0.1) is 0 Å². The summed E-state index contributed by atoms with van der Waals surface area (Å²) in [6, 6.07) is 12.6. The molecule has 1 heterocycles. The fourth-order valence-electron chi connectivity index (χ4n) is 1.72. The molecule has 0 aliphatic heterocycles. The minimum Gasteiger partial charge on any atom is -0.309 e. The molecule has 0 aliphatic rings. The summed E-state index contributed by atoms with van der Waals surface area (Å²) in [4.78, 5) is 12.1. The van der Waals surface area contributed by atoms with Gasteiger partial charge in [-0.3, -0.25) is 9.52 Å². The van der Waals surface area contributed by atoms with Gasteiger partial charge < -0.3 is 4.57 Å². The van der Waals surface area contributed by atoms with E-state index >= 15 is 0 Å². The molecule has 1 aromatic carbocycles. The maximum Gasteiger partial charge on any atom is 0.275 e. The highest BCUT2D eigenvalue weighted by Gasteiger charge is 2.07. The van der Waals surface area contributed by atoms with Crippen molar-refractivity contribution < 1.29 is 8.42 Å². The molecule has 0 atom stereocenters. The Morgan fingerprint density at radius 3 is 2.42 bits per heavy atom. The van der Waals surface area contributed by atoms with Gasteiger partial charge in [-0.05, 0) is 17.7 Å². The Balaban J connectivity index is 2.33. The lowest BCUT2D eigenvalue weighted by Crippen LogP contribution is -2.25. The zero-order valence-electron chi connectivity index (χ0n) is 10.4. The summed E-state index contributed by atoms with van der Waals surface area (Å²) in [5.41, 5.74) is 0.666. The van der Waals surface area contributed by atoms with E-state index in [-0.39, 0.29) is 11.2 Å². The number of nitrogens with zero attached hydrogens (tertiary/aromatic N) is 1. The number of pyridine rings is 1. The topological polar surface area (TPSA) is 68.2 Å². The molecule has 1 aromatic heterocycles. The third kappa shape index (κ3) is 3.69. The van der Waals surface area contributed by atoms with Gasteiger partial charge in [-0.25, -0.2) is 8.42 Å². The van der Waals surface area contributed by atoms with E-state index in [4.69, 9.17) is 0 Å². The summed E-state index contributed by atoms with van der Waals surface area (Å²) in [6.45, 7) is 0.402. The molecule has 19 heavy (non-hydrogen) atoms. The van der Waals surface area contributed by atoms with Crippen LogP contribution in [0.2, 0.25) is 0 Å². The van der Waals surface area contributed by atoms with Crippen LogP contribution in [-0.2, 0) is 16.6 Å². The minimum absolute atomic E-state index is 0.0564. The molecule has 0 saturated heterocycles. The summed E-state index contributed by atoms with van der Waals surface area (Å²) < 4.78 is 26.0. The van der Waals surface area contributed by atoms with Gasteiger partial charge >= 0.3 is 0 Å². The molecule has 0 radical (unpaired) electrons. The SMILES string of the molecule is CS(=O)(=O)Nc1cccn(Cc2ccccc2)c1=O. The molecule has 2 rings (SSSR count). The van der Waals surface area contributed by atoms with Crippen molar-refractivity contribution in [3.63, 3.8) is 0 Å². The maximum atomic E-state index is 12.1. The molecular weight excluding hydrogens is 264 g/mol. The molecule has 0 spiro atoms. The van der Waals surface area contributed by atoms with Gasteiger partial charge in [0.15, 0.2) is 0 Å². The largest absolute Gasteiger partial charge is 0.309 e. The van der Waals surface area contributed by atoms with Crippen LogP contribution in [0.4, 0.5) is 5.69 Å². The Morgan fingerprint density at radius 2 is 1.79 bits per heavy atom. The second kappa shape index (κ2) is 5.27. The number of aromatic nitrogens is 1. The third-order valence-electron chi connectivity index (χ3n) is 2.51. The van der Waals surface area contributed by atoms with E-state index in [1.807, 2.05) is 30.3 Å². The fourth-order valence-corrected chi connectivity index (χ4v) is 2.27. The van der Waals surface area contributed by atoms with E-state index in [1.165, 1.54) is 10.6 Å². The quantitative estimate of drug-likeness (QED) is 0.915. The van der Waals surface area contributed by atoms with E-state index in [2.05, 4.69) is 4.72 Å². The number of sulfonamides is 1. The first-order chi connectivity index (χ1) is 8.96. The van der Waals surface area contributed by atoms with Crippen molar-refractivity contribution in [2.24, 2.45) is 0 Å². The van der Waals surface area contributed by atoms with Gasteiger partial charge in [0.1, 0.15) is 5.69 Å². The van der Waals surface area contributed by atoms with Crippen molar-refractivity contribution in [3.8, 4) is 0 Å². The normalized spacial score (nSPS) is 11.2. The van der Waals surface area contributed by atoms with Crippen LogP contribution in [0.25, 0.3) is 0 Å². The van der Waals surface area contributed by atoms with E-state index in [9.17, 15) is 13.2 Å². The van der Waals surface area contributed by atoms with Crippen molar-refractivity contribution in [1.82, 2.24) is 4.57 Å². The van der Waals surface area contributed by atoms with Gasteiger partial charge in [0.2, 0.25) is 10.0 Å². The van der Waals surface area contributed by atoms with Crippen LogP contribution in [-0.4, -0.2) is 19.2 Å². The summed E-state index contributed by atoms with van der Waals surface area (Å²) in [7, 11) is -3.45. The number of rotatable bonds is 4. The fraction of sp³-hybridized carbons (Fsp3) is 0.154. The van der Waals surface area contributed by atoms with E-state index in [0.717, 1.165) is 11.8 Å². The van der Waals surface area contributed by atoms with Crippen molar-refractivity contribution in [3.05, 3.63) is 64.6 Å². The van der Waals surface area contributed by atoms with Crippen molar-refractivity contribution >= 4 is 15.7 Å². The smallest absolute Gasteiger partial charge is 0.275 e. The monoisotopic (exact) mass is 278 g/mol. The van der Waals surface area contributed by atoms with Crippen molar-refractivity contribution in [2.75, 3.05) is 11.0 Å². The van der Waals surface area contributed by atoms with Crippen LogP contribution in [0.3, 0.4) is 0 Å². The second-order valence-electron chi connectivity index (χ2n) is 4.21. The standard InChI is InChI=1S/C13H14N2O3S/c1-19(17,18)14-12-8-5-9-15(13(12)16)10-11-6-3-2-4-7-11/h2-9,14H,10H2,1H3. The Labute approximate surface area is 111 Å². The van der Waals surface area contributed by atoms with Crippen LogP contribution in [0, 0.1) is 0 Å². The molecule has 5 nitrogen and oxygen atoms in total. The highest BCUT2D eigenvalue weighted by atomic mass is 32.2. The summed E-state index contributed by atoms with van der Waals surface area (Å²) in [5, 5.41) is 0. The predicted molar refractivity (Wildman–Crippen MR) is 74.7 cm³/mol. The van der Waals surface area contributed by atoms with E-state index in [0.29, 0.717) is 6.54 Å². The van der Waals surface area contributed by atoms with Gasteiger partial charge in [0, 0.05) is 6.20 Å². The van der Waals surface area contributed by atoms with Crippen molar-refractivity contribution in [1.29, 1.82) is 0 Å². The Bertz CT molecular complexity index is 721. The van der Waals surface area contributed by atoms with Crippen LogP contribution < -0.4 is 10.3 Å². The molecule has 2 aromatic rings. The lowest BCUT2D eigenvalue weighted by molar-refractivity contribution is 0.606. The van der Waals surface area contributed by atoms with Gasteiger partial charge in [-0.2, -0.15) is 0 Å². The first-order valence-electron chi connectivity index (χ1n) is 5.67. The lowest BCUT2D eigenvalue weighted by atomic mass is 10.2. The Kier molecular flexibility index (Phi) is 3.71. The average molecular weight is 278 g/mol. The first-order valence-corrected chi connectivity index (χ1v) is 7.56. The summed E-state index contributed by atoms with van der Waals surface area (Å²) in [6.07, 6.45) is 2.64. The molecule has 0 unspecified atom stereocenters. The van der Waals surface area contributed by atoms with Gasteiger partial charge in [-0.1, -0.05) is 30.3 Å². The zero-order valence-corrected chi connectivity index (χ0v) is 11.2. The van der Waals surface area contributed by atoms with E-state index in [1.54, 1.807) is 12.3 Å². The summed E-state index contributed by atoms with van der Waals surface area (Å²) in [5.74, 6) is 0. The lowest BCUT2D eigenvalue weighted by Gasteiger charge is -2.08. The molecule has 0 fully saturated rings. The molecule has 0 bridgehead atoms. The highest BCUT2D eigenvalue weighted by Crippen LogP contribution is 2.04.